The minimum Gasteiger partial charge on any atom is -0.508 e. The largest absolute Gasteiger partial charge is 0.508 e. The van der Waals surface area contributed by atoms with Crippen LogP contribution in [0.25, 0.3) is 0 Å². The number of alkyl carbamates (subject to hydrolysis) is 1. The number of hydrogen-bond acceptors (Lipinski definition) is 6. The molecule has 2 amide bonds. The Morgan fingerprint density at radius 3 is 2.15 bits per heavy atom. The van der Waals surface area contributed by atoms with E-state index < -0.39 is 41.1 Å². The molecule has 3 N–H and O–H groups in total. The standard InChI is InChI=1S/C32H46N2O6/c1-21(2)23-12-10-13-24(19-23)32(15-16-32)34(29(38)40-31(6,7)8)20-27(36)26(33-28(37)39-30(3,4)5)18-22-11-9-14-25(35)17-22/h9-14,17,19,21,26-27,35-36H,15-16,18,20H2,1-8H3,(H,33,37). The molecule has 8 nitrogen and oxygen atoms in total. The van der Waals surface area contributed by atoms with Crippen LogP contribution in [0.5, 0.6) is 5.75 Å². The summed E-state index contributed by atoms with van der Waals surface area (Å²) in [5, 5.41) is 24.4. The molecule has 2 aromatic carbocycles. The predicted molar refractivity (Wildman–Crippen MR) is 155 cm³/mol. The van der Waals surface area contributed by atoms with E-state index in [2.05, 4.69) is 31.3 Å². The van der Waals surface area contributed by atoms with Crippen molar-refractivity contribution < 1.29 is 29.3 Å². The molecule has 1 saturated carbocycles. The van der Waals surface area contributed by atoms with E-state index in [9.17, 15) is 19.8 Å². The molecule has 1 aliphatic rings. The number of aliphatic hydroxyl groups excluding tert-OH is 1. The number of hydrogen-bond donors (Lipinski definition) is 3. The van der Waals surface area contributed by atoms with E-state index in [1.807, 2.05) is 39.0 Å². The fraction of sp³-hybridized carbons (Fsp3) is 0.562. The zero-order valence-corrected chi connectivity index (χ0v) is 25.2. The van der Waals surface area contributed by atoms with Crippen molar-refractivity contribution in [2.75, 3.05) is 6.54 Å². The molecule has 2 atom stereocenters. The SMILES string of the molecule is CC(C)c1cccc(C2(N(CC(O)C(Cc3cccc(O)c3)NC(=O)OC(C)(C)C)C(=O)OC(C)(C)C)CC2)c1. The van der Waals surface area contributed by atoms with Gasteiger partial charge in [-0.05, 0) is 95.5 Å². The molecule has 220 valence electrons. The van der Waals surface area contributed by atoms with Crippen molar-refractivity contribution in [2.24, 2.45) is 0 Å². The first-order valence-electron chi connectivity index (χ1n) is 14.1. The second kappa shape index (κ2) is 12.1. The molecule has 0 radical (unpaired) electrons. The smallest absolute Gasteiger partial charge is 0.411 e. The highest BCUT2D eigenvalue weighted by Gasteiger charge is 2.53. The predicted octanol–water partition coefficient (Wildman–Crippen LogP) is 6.24. The van der Waals surface area contributed by atoms with Crippen LogP contribution in [0.4, 0.5) is 9.59 Å². The van der Waals surface area contributed by atoms with Gasteiger partial charge < -0.3 is 25.0 Å². The van der Waals surface area contributed by atoms with E-state index in [0.29, 0.717) is 5.92 Å². The fourth-order valence-electron chi connectivity index (χ4n) is 4.75. The summed E-state index contributed by atoms with van der Waals surface area (Å²) < 4.78 is 11.3. The molecule has 0 aliphatic heterocycles. The lowest BCUT2D eigenvalue weighted by molar-refractivity contribution is -0.00669. The summed E-state index contributed by atoms with van der Waals surface area (Å²) >= 11 is 0. The van der Waals surface area contributed by atoms with Gasteiger partial charge in [0.15, 0.2) is 0 Å². The number of rotatable bonds is 9. The Morgan fingerprint density at radius 1 is 0.975 bits per heavy atom. The van der Waals surface area contributed by atoms with Gasteiger partial charge in [-0.1, -0.05) is 50.2 Å². The van der Waals surface area contributed by atoms with E-state index in [4.69, 9.17) is 9.47 Å². The molecule has 2 aromatic rings. The topological polar surface area (TPSA) is 108 Å². The summed E-state index contributed by atoms with van der Waals surface area (Å²) in [6, 6.07) is 14.1. The van der Waals surface area contributed by atoms with Crippen LogP contribution in [0.3, 0.4) is 0 Å². The normalized spacial score (nSPS) is 16.1. The van der Waals surface area contributed by atoms with E-state index in [1.54, 1.807) is 43.9 Å². The third kappa shape index (κ3) is 8.62. The van der Waals surface area contributed by atoms with Gasteiger partial charge in [-0.3, -0.25) is 4.90 Å². The Kier molecular flexibility index (Phi) is 9.45. The van der Waals surface area contributed by atoms with Crippen LogP contribution in [-0.4, -0.2) is 57.2 Å². The van der Waals surface area contributed by atoms with E-state index in [-0.39, 0.29) is 18.7 Å². The summed E-state index contributed by atoms with van der Waals surface area (Å²) in [6.07, 6.45) is -0.673. The Balaban J connectivity index is 1.95. The maximum atomic E-state index is 13.7. The maximum absolute atomic E-state index is 13.7. The Morgan fingerprint density at radius 2 is 1.60 bits per heavy atom. The maximum Gasteiger partial charge on any atom is 0.411 e. The van der Waals surface area contributed by atoms with Crippen LogP contribution in [0, 0.1) is 0 Å². The summed E-state index contributed by atoms with van der Waals surface area (Å²) in [5.41, 5.74) is 0.812. The van der Waals surface area contributed by atoms with Crippen molar-refractivity contribution in [3.63, 3.8) is 0 Å². The minimum atomic E-state index is -1.16. The van der Waals surface area contributed by atoms with Crippen LogP contribution < -0.4 is 5.32 Å². The molecule has 0 aromatic heterocycles. The van der Waals surface area contributed by atoms with Crippen LogP contribution in [0.2, 0.25) is 0 Å². The molecule has 3 rings (SSSR count). The van der Waals surface area contributed by atoms with Gasteiger partial charge in [-0.15, -0.1) is 0 Å². The van der Waals surface area contributed by atoms with Gasteiger partial charge >= 0.3 is 12.2 Å². The summed E-state index contributed by atoms with van der Waals surface area (Å²) in [7, 11) is 0. The number of phenols is 1. The monoisotopic (exact) mass is 554 g/mol. The number of aliphatic hydroxyl groups is 1. The van der Waals surface area contributed by atoms with Crippen LogP contribution in [0.15, 0.2) is 48.5 Å². The average Bonchev–Trinajstić information content (AvgIpc) is 3.61. The quantitative estimate of drug-likeness (QED) is 0.339. The molecular formula is C32H46N2O6. The van der Waals surface area contributed by atoms with Gasteiger partial charge in [0.05, 0.1) is 24.2 Å². The van der Waals surface area contributed by atoms with Crippen molar-refractivity contribution in [3.8, 4) is 5.75 Å². The summed E-state index contributed by atoms with van der Waals surface area (Å²) in [5.74, 6) is 0.404. The number of nitrogens with zero attached hydrogens (tertiary/aromatic N) is 1. The fourth-order valence-corrected chi connectivity index (χ4v) is 4.75. The lowest BCUT2D eigenvalue weighted by atomic mass is 9.94. The average molecular weight is 555 g/mol. The van der Waals surface area contributed by atoms with E-state index >= 15 is 0 Å². The first kappa shape index (κ1) is 31.3. The molecule has 0 saturated heterocycles. The van der Waals surface area contributed by atoms with Crippen molar-refractivity contribution in [3.05, 3.63) is 65.2 Å². The number of amides is 2. The van der Waals surface area contributed by atoms with E-state index in [1.165, 1.54) is 5.56 Å². The van der Waals surface area contributed by atoms with Crippen LogP contribution in [-0.2, 0) is 21.4 Å². The van der Waals surface area contributed by atoms with Crippen molar-refractivity contribution in [1.29, 1.82) is 0 Å². The lowest BCUT2D eigenvalue weighted by Gasteiger charge is -2.37. The van der Waals surface area contributed by atoms with Gasteiger partial charge in [-0.2, -0.15) is 0 Å². The van der Waals surface area contributed by atoms with Gasteiger partial charge in [0.25, 0.3) is 0 Å². The number of ether oxygens (including phenoxy) is 2. The molecule has 1 aliphatic carbocycles. The van der Waals surface area contributed by atoms with Crippen molar-refractivity contribution in [1.82, 2.24) is 10.2 Å². The number of phenolic OH excluding ortho intramolecular Hbond substituents is 1. The van der Waals surface area contributed by atoms with Gasteiger partial charge in [0.1, 0.15) is 17.0 Å². The molecule has 0 heterocycles. The molecule has 8 heteroatoms. The Bertz CT molecular complexity index is 1180. The number of benzene rings is 2. The van der Waals surface area contributed by atoms with Crippen molar-refractivity contribution in [2.45, 2.75) is 109 Å². The van der Waals surface area contributed by atoms with Gasteiger partial charge in [0, 0.05) is 0 Å². The molecule has 0 spiro atoms. The van der Waals surface area contributed by atoms with Gasteiger partial charge in [0.2, 0.25) is 0 Å². The molecular weight excluding hydrogens is 508 g/mol. The highest BCUT2D eigenvalue weighted by Crippen LogP contribution is 2.52. The van der Waals surface area contributed by atoms with Crippen LogP contribution >= 0.6 is 0 Å². The zero-order chi connectivity index (χ0) is 29.9. The summed E-state index contributed by atoms with van der Waals surface area (Å²) in [4.78, 5) is 28.0. The minimum absolute atomic E-state index is 0.0693. The number of carbonyl (C=O) groups excluding carboxylic acids is 2. The first-order chi connectivity index (χ1) is 18.5. The lowest BCUT2D eigenvalue weighted by Crippen LogP contribution is -2.54. The molecule has 1 fully saturated rings. The zero-order valence-electron chi connectivity index (χ0n) is 25.2. The second-order valence-corrected chi connectivity index (χ2v) is 13.1. The Labute approximate surface area is 238 Å². The number of carbonyl (C=O) groups is 2. The number of nitrogens with one attached hydrogen (secondary N) is 1. The highest BCUT2D eigenvalue weighted by molar-refractivity contribution is 5.71. The number of aromatic hydroxyl groups is 1. The Hall–Kier alpha value is -3.26. The van der Waals surface area contributed by atoms with Crippen LogP contribution in [0.1, 0.15) is 90.8 Å². The molecule has 2 unspecified atom stereocenters. The third-order valence-electron chi connectivity index (χ3n) is 6.85. The van der Waals surface area contributed by atoms with E-state index in [0.717, 1.165) is 24.0 Å². The molecule has 40 heavy (non-hydrogen) atoms. The van der Waals surface area contributed by atoms with Crippen molar-refractivity contribution >= 4 is 12.2 Å². The summed E-state index contributed by atoms with van der Waals surface area (Å²) in [6.45, 7) is 14.9. The van der Waals surface area contributed by atoms with Gasteiger partial charge in [-0.25, -0.2) is 9.59 Å². The second-order valence-electron chi connectivity index (χ2n) is 13.1. The third-order valence-corrected chi connectivity index (χ3v) is 6.85. The molecule has 0 bridgehead atoms. The highest BCUT2D eigenvalue weighted by atomic mass is 16.6. The first-order valence-corrected chi connectivity index (χ1v) is 14.1.